The minimum absolute atomic E-state index is 0.228. The maximum absolute atomic E-state index is 12.2. The fraction of sp³-hybridized carbons (Fsp3) is 0.222. The molecule has 0 radical (unpaired) electrons. The number of carbonyl (C=O) groups excluding carboxylic acids is 2. The van der Waals surface area contributed by atoms with Crippen molar-refractivity contribution in [2.45, 2.75) is 6.42 Å². The van der Waals surface area contributed by atoms with Crippen LogP contribution in [-0.4, -0.2) is 32.7 Å². The number of carbonyl (C=O) groups is 2. The largest absolute Gasteiger partial charge is 0.493 e. The van der Waals surface area contributed by atoms with Crippen LogP contribution in [0.5, 0.6) is 11.5 Å². The van der Waals surface area contributed by atoms with Gasteiger partial charge in [-0.15, -0.1) is 0 Å². The van der Waals surface area contributed by atoms with Crippen molar-refractivity contribution in [3.63, 3.8) is 0 Å². The van der Waals surface area contributed by atoms with Gasteiger partial charge >= 0.3 is 6.03 Å². The third kappa shape index (κ3) is 5.13. The zero-order valence-corrected chi connectivity index (χ0v) is 14.2. The molecule has 0 saturated carbocycles. The van der Waals surface area contributed by atoms with Crippen molar-refractivity contribution >= 4 is 17.6 Å². The SMILES string of the molecule is COc1ccc(CCNC(=O)c2cccc(NC(N)=O)c2)cc1OC. The first-order valence-corrected chi connectivity index (χ1v) is 7.69. The Hall–Kier alpha value is -3.22. The van der Waals surface area contributed by atoms with Gasteiger partial charge in [-0.2, -0.15) is 0 Å². The van der Waals surface area contributed by atoms with Crippen molar-refractivity contribution < 1.29 is 19.1 Å². The molecule has 0 fully saturated rings. The molecule has 0 heterocycles. The summed E-state index contributed by atoms with van der Waals surface area (Å²) in [5, 5.41) is 5.28. The van der Waals surface area contributed by atoms with Crippen LogP contribution in [-0.2, 0) is 6.42 Å². The Morgan fingerprint density at radius 3 is 2.48 bits per heavy atom. The van der Waals surface area contributed by atoms with Crippen LogP contribution in [0.4, 0.5) is 10.5 Å². The number of primary amides is 1. The molecule has 132 valence electrons. The third-order valence-corrected chi connectivity index (χ3v) is 3.54. The summed E-state index contributed by atoms with van der Waals surface area (Å²) < 4.78 is 10.5. The second-order valence-electron chi connectivity index (χ2n) is 5.27. The summed E-state index contributed by atoms with van der Waals surface area (Å²) >= 11 is 0. The van der Waals surface area contributed by atoms with Crippen molar-refractivity contribution in [2.24, 2.45) is 5.73 Å². The van der Waals surface area contributed by atoms with Gasteiger partial charge in [0.15, 0.2) is 11.5 Å². The molecule has 3 amide bonds. The first-order valence-electron chi connectivity index (χ1n) is 7.69. The predicted octanol–water partition coefficient (Wildman–Crippen LogP) is 2.17. The lowest BCUT2D eigenvalue weighted by Crippen LogP contribution is -2.26. The minimum Gasteiger partial charge on any atom is -0.493 e. The summed E-state index contributed by atoms with van der Waals surface area (Å²) in [4.78, 5) is 23.1. The molecule has 7 heteroatoms. The van der Waals surface area contributed by atoms with E-state index >= 15 is 0 Å². The van der Waals surface area contributed by atoms with Gasteiger partial charge < -0.3 is 25.8 Å². The Bertz CT molecular complexity index is 762. The van der Waals surface area contributed by atoms with E-state index in [2.05, 4.69) is 10.6 Å². The molecule has 7 nitrogen and oxygen atoms in total. The van der Waals surface area contributed by atoms with Crippen molar-refractivity contribution in [3.05, 3.63) is 53.6 Å². The molecule has 25 heavy (non-hydrogen) atoms. The number of rotatable bonds is 7. The predicted molar refractivity (Wildman–Crippen MR) is 95.2 cm³/mol. The van der Waals surface area contributed by atoms with Gasteiger partial charge in [0.25, 0.3) is 5.91 Å². The van der Waals surface area contributed by atoms with E-state index in [-0.39, 0.29) is 5.91 Å². The van der Waals surface area contributed by atoms with Gasteiger partial charge in [-0.05, 0) is 42.3 Å². The van der Waals surface area contributed by atoms with E-state index in [0.717, 1.165) is 5.56 Å². The number of ether oxygens (including phenoxy) is 2. The number of hydrogen-bond donors (Lipinski definition) is 3. The van der Waals surface area contributed by atoms with Crippen LogP contribution in [0.3, 0.4) is 0 Å². The lowest BCUT2D eigenvalue weighted by atomic mass is 10.1. The maximum atomic E-state index is 12.2. The molecule has 0 aliphatic carbocycles. The molecule has 2 aromatic rings. The lowest BCUT2D eigenvalue weighted by molar-refractivity contribution is 0.0954. The zero-order valence-electron chi connectivity index (χ0n) is 14.2. The van der Waals surface area contributed by atoms with Crippen LogP contribution < -0.4 is 25.8 Å². The van der Waals surface area contributed by atoms with Crippen molar-refractivity contribution in [2.75, 3.05) is 26.1 Å². The third-order valence-electron chi connectivity index (χ3n) is 3.54. The molecule has 0 saturated heterocycles. The molecule has 0 atom stereocenters. The quantitative estimate of drug-likeness (QED) is 0.717. The number of nitrogens with one attached hydrogen (secondary N) is 2. The Morgan fingerprint density at radius 1 is 1.04 bits per heavy atom. The lowest BCUT2D eigenvalue weighted by Gasteiger charge is -2.10. The fourth-order valence-corrected chi connectivity index (χ4v) is 2.34. The molecule has 0 spiro atoms. The smallest absolute Gasteiger partial charge is 0.316 e. The molecule has 0 aromatic heterocycles. The summed E-state index contributed by atoms with van der Waals surface area (Å²) in [6, 6.07) is 11.5. The topological polar surface area (TPSA) is 103 Å². The van der Waals surface area contributed by atoms with Gasteiger partial charge in [0.2, 0.25) is 0 Å². The van der Waals surface area contributed by atoms with E-state index in [1.165, 1.54) is 0 Å². The van der Waals surface area contributed by atoms with Crippen LogP contribution in [0, 0.1) is 0 Å². The molecular weight excluding hydrogens is 322 g/mol. The van der Waals surface area contributed by atoms with Crippen LogP contribution in [0.15, 0.2) is 42.5 Å². The summed E-state index contributed by atoms with van der Waals surface area (Å²) in [7, 11) is 3.16. The second-order valence-corrected chi connectivity index (χ2v) is 5.27. The van der Waals surface area contributed by atoms with E-state index in [1.807, 2.05) is 18.2 Å². The molecule has 0 aliphatic rings. The summed E-state index contributed by atoms with van der Waals surface area (Å²) in [5.41, 5.74) is 7.00. The molecule has 0 bridgehead atoms. The number of anilines is 1. The van der Waals surface area contributed by atoms with Crippen molar-refractivity contribution in [3.8, 4) is 11.5 Å². The highest BCUT2D eigenvalue weighted by atomic mass is 16.5. The van der Waals surface area contributed by atoms with Gasteiger partial charge in [0, 0.05) is 17.8 Å². The molecule has 4 N–H and O–H groups in total. The summed E-state index contributed by atoms with van der Waals surface area (Å²) in [5.74, 6) is 1.08. The van der Waals surface area contributed by atoms with Crippen LogP contribution in [0.25, 0.3) is 0 Å². The van der Waals surface area contributed by atoms with Gasteiger partial charge in [-0.3, -0.25) is 4.79 Å². The number of amides is 3. The van der Waals surface area contributed by atoms with Crippen LogP contribution in [0.1, 0.15) is 15.9 Å². The maximum Gasteiger partial charge on any atom is 0.316 e. The first kappa shape index (κ1) is 18.1. The molecule has 2 rings (SSSR count). The van der Waals surface area contributed by atoms with Crippen LogP contribution >= 0.6 is 0 Å². The van der Waals surface area contributed by atoms with Gasteiger partial charge in [0.1, 0.15) is 0 Å². The Morgan fingerprint density at radius 2 is 1.80 bits per heavy atom. The highest BCUT2D eigenvalue weighted by molar-refractivity contribution is 5.96. The average molecular weight is 343 g/mol. The van der Waals surface area contributed by atoms with E-state index < -0.39 is 6.03 Å². The molecule has 2 aromatic carbocycles. The molecule has 0 unspecified atom stereocenters. The number of methoxy groups -OCH3 is 2. The Kier molecular flexibility index (Phi) is 6.22. The highest BCUT2D eigenvalue weighted by Gasteiger charge is 2.08. The minimum atomic E-state index is -0.675. The van der Waals surface area contributed by atoms with E-state index in [9.17, 15) is 9.59 Å². The van der Waals surface area contributed by atoms with E-state index in [1.54, 1.807) is 38.5 Å². The van der Waals surface area contributed by atoms with E-state index in [0.29, 0.717) is 35.7 Å². The standard InChI is InChI=1S/C18H21N3O4/c1-24-15-7-6-12(10-16(15)25-2)8-9-20-17(22)13-4-3-5-14(11-13)21-18(19)23/h3-7,10-11H,8-9H2,1-2H3,(H,20,22)(H3,19,21,23). The van der Waals surface area contributed by atoms with E-state index in [4.69, 9.17) is 15.2 Å². The number of benzene rings is 2. The van der Waals surface area contributed by atoms with Crippen molar-refractivity contribution in [1.82, 2.24) is 5.32 Å². The zero-order chi connectivity index (χ0) is 18.2. The van der Waals surface area contributed by atoms with Gasteiger partial charge in [0.05, 0.1) is 14.2 Å². The summed E-state index contributed by atoms with van der Waals surface area (Å²) in [6.07, 6.45) is 0.644. The Labute approximate surface area is 146 Å². The highest BCUT2D eigenvalue weighted by Crippen LogP contribution is 2.27. The van der Waals surface area contributed by atoms with Crippen molar-refractivity contribution in [1.29, 1.82) is 0 Å². The summed E-state index contributed by atoms with van der Waals surface area (Å²) in [6.45, 7) is 0.460. The molecule has 0 aliphatic heterocycles. The van der Waals surface area contributed by atoms with Gasteiger partial charge in [-0.1, -0.05) is 12.1 Å². The number of nitrogens with two attached hydrogens (primary N) is 1. The normalized spacial score (nSPS) is 10.0. The fourth-order valence-electron chi connectivity index (χ4n) is 2.34. The Balaban J connectivity index is 1.93. The average Bonchev–Trinajstić information content (AvgIpc) is 2.61. The van der Waals surface area contributed by atoms with Crippen LogP contribution in [0.2, 0.25) is 0 Å². The number of hydrogen-bond acceptors (Lipinski definition) is 4. The van der Waals surface area contributed by atoms with Gasteiger partial charge in [-0.25, -0.2) is 4.79 Å². The molecular formula is C18H21N3O4. The second kappa shape index (κ2) is 8.58. The number of urea groups is 1. The first-order chi connectivity index (χ1) is 12.0. The monoisotopic (exact) mass is 343 g/mol.